The molecule has 0 aromatic heterocycles. The van der Waals surface area contributed by atoms with Crippen molar-refractivity contribution in [2.45, 2.75) is 31.3 Å². The van der Waals surface area contributed by atoms with E-state index in [9.17, 15) is 22.8 Å². The Kier molecular flexibility index (Phi) is 8.26. The molecule has 3 amide bonds. The molecule has 192 valence electrons. The maximum Gasteiger partial charge on any atom is 0.407 e. The number of fused-ring (bicyclic) bond motifs is 1. The van der Waals surface area contributed by atoms with Crippen molar-refractivity contribution < 1.29 is 32.3 Å². The van der Waals surface area contributed by atoms with Crippen LogP contribution in [0.3, 0.4) is 0 Å². The molecule has 10 nitrogen and oxygen atoms in total. The molecule has 0 unspecified atom stereocenters. The zero-order chi connectivity index (χ0) is 26.5. The second-order valence-electron chi connectivity index (χ2n) is 8.75. The van der Waals surface area contributed by atoms with Crippen molar-refractivity contribution in [3.05, 3.63) is 58.0 Å². The van der Waals surface area contributed by atoms with Gasteiger partial charge in [-0.1, -0.05) is 17.7 Å². The normalized spacial score (nSPS) is 13.4. The molecule has 0 spiro atoms. The Hall–Kier alpha value is -3.57. The number of anilines is 1. The van der Waals surface area contributed by atoms with Gasteiger partial charge >= 0.3 is 6.09 Å². The maximum atomic E-state index is 12.7. The number of hydrogen-bond acceptors (Lipinski definition) is 7. The molecule has 0 atom stereocenters. The molecular formula is C24H26ClN3O7S. The number of alkyl carbamates (subject to hydrolysis) is 1. The first-order valence-corrected chi connectivity index (χ1v) is 12.8. The molecule has 1 aliphatic heterocycles. The molecule has 3 rings (SSSR count). The van der Waals surface area contributed by atoms with Gasteiger partial charge in [0.2, 0.25) is 15.7 Å². The monoisotopic (exact) mass is 535 g/mol. The topological polar surface area (TPSA) is 140 Å². The van der Waals surface area contributed by atoms with Gasteiger partial charge in [-0.15, -0.1) is 0 Å². The lowest BCUT2D eigenvalue weighted by molar-refractivity contribution is -0.115. The highest BCUT2D eigenvalue weighted by Crippen LogP contribution is 2.29. The van der Waals surface area contributed by atoms with Crippen molar-refractivity contribution in [3.8, 4) is 5.75 Å². The predicted molar refractivity (Wildman–Crippen MR) is 135 cm³/mol. The van der Waals surface area contributed by atoms with Gasteiger partial charge in [0.25, 0.3) is 5.91 Å². The number of carbonyl (C=O) groups excluding carboxylic acids is 3. The van der Waals surface area contributed by atoms with Crippen LogP contribution in [0.1, 0.15) is 36.7 Å². The average Bonchev–Trinajstić information content (AvgIpc) is 3.08. The van der Waals surface area contributed by atoms with Gasteiger partial charge < -0.3 is 25.4 Å². The minimum Gasteiger partial charge on any atom is -0.491 e. The van der Waals surface area contributed by atoms with Crippen molar-refractivity contribution in [2.24, 2.45) is 0 Å². The lowest BCUT2D eigenvalue weighted by Crippen LogP contribution is -2.35. The SMILES string of the molecule is CC(C)(C)OC(=O)NCCOc1ccc(Cl)cc1C(=O)NCC(=O)Nc1ccc2c(c1)S(=O)(=O)C=C2. The molecule has 1 heterocycles. The highest BCUT2D eigenvalue weighted by Gasteiger charge is 2.21. The number of hydrogen-bond donors (Lipinski definition) is 3. The van der Waals surface area contributed by atoms with E-state index in [1.54, 1.807) is 39.0 Å². The predicted octanol–water partition coefficient (Wildman–Crippen LogP) is 3.37. The van der Waals surface area contributed by atoms with Crippen LogP contribution in [0.5, 0.6) is 5.75 Å². The van der Waals surface area contributed by atoms with E-state index in [2.05, 4.69) is 16.0 Å². The van der Waals surface area contributed by atoms with Crippen LogP contribution >= 0.6 is 11.6 Å². The van der Waals surface area contributed by atoms with E-state index < -0.39 is 33.3 Å². The summed E-state index contributed by atoms with van der Waals surface area (Å²) >= 11 is 6.02. The Morgan fingerprint density at radius 3 is 2.50 bits per heavy atom. The summed E-state index contributed by atoms with van der Waals surface area (Å²) in [6.45, 7) is 5.04. The number of ether oxygens (including phenoxy) is 2. The zero-order valence-electron chi connectivity index (χ0n) is 19.9. The van der Waals surface area contributed by atoms with Gasteiger partial charge in [0, 0.05) is 16.1 Å². The molecule has 0 saturated carbocycles. The van der Waals surface area contributed by atoms with Crippen LogP contribution in [-0.4, -0.2) is 51.6 Å². The van der Waals surface area contributed by atoms with Gasteiger partial charge in [0.1, 0.15) is 18.0 Å². The summed E-state index contributed by atoms with van der Waals surface area (Å²) in [6, 6.07) is 8.94. The lowest BCUT2D eigenvalue weighted by atomic mass is 10.2. The highest BCUT2D eigenvalue weighted by molar-refractivity contribution is 7.94. The molecule has 0 bridgehead atoms. The molecule has 2 aromatic carbocycles. The fourth-order valence-corrected chi connectivity index (χ4v) is 4.53. The number of amides is 3. The maximum absolute atomic E-state index is 12.7. The van der Waals surface area contributed by atoms with Gasteiger partial charge in [-0.2, -0.15) is 0 Å². The van der Waals surface area contributed by atoms with Gasteiger partial charge in [-0.25, -0.2) is 13.2 Å². The fraction of sp³-hybridized carbons (Fsp3) is 0.292. The average molecular weight is 536 g/mol. The minimum atomic E-state index is -3.52. The third-order valence-electron chi connectivity index (χ3n) is 4.65. The van der Waals surface area contributed by atoms with Crippen molar-refractivity contribution in [1.82, 2.24) is 10.6 Å². The van der Waals surface area contributed by atoms with Crippen molar-refractivity contribution >= 4 is 51.1 Å². The molecule has 3 N–H and O–H groups in total. The summed E-state index contributed by atoms with van der Waals surface area (Å²) in [5.74, 6) is -0.958. The number of sulfone groups is 1. The molecule has 0 radical (unpaired) electrons. The summed E-state index contributed by atoms with van der Waals surface area (Å²) in [6.07, 6.45) is 0.887. The molecule has 1 aliphatic rings. The summed E-state index contributed by atoms with van der Waals surface area (Å²) in [7, 11) is -3.52. The van der Waals surface area contributed by atoms with Crippen molar-refractivity contribution in [2.75, 3.05) is 25.0 Å². The number of benzene rings is 2. The van der Waals surface area contributed by atoms with Gasteiger partial charge in [-0.3, -0.25) is 9.59 Å². The molecule has 12 heteroatoms. The Morgan fingerprint density at radius 2 is 1.78 bits per heavy atom. The van der Waals surface area contributed by atoms with Crippen LogP contribution < -0.4 is 20.7 Å². The number of halogens is 1. The van der Waals surface area contributed by atoms with E-state index >= 15 is 0 Å². The Bertz CT molecular complexity index is 1320. The number of nitrogens with one attached hydrogen (secondary N) is 3. The molecule has 0 saturated heterocycles. The quantitative estimate of drug-likeness (QED) is 0.440. The van der Waals surface area contributed by atoms with Crippen LogP contribution in [-0.2, 0) is 19.4 Å². The summed E-state index contributed by atoms with van der Waals surface area (Å²) in [5, 5.41) is 8.97. The van der Waals surface area contributed by atoms with Gasteiger partial charge in [0.05, 0.1) is 23.5 Å². The molecule has 36 heavy (non-hydrogen) atoms. The van der Waals surface area contributed by atoms with Gasteiger partial charge in [0.15, 0.2) is 0 Å². The number of carbonyl (C=O) groups is 3. The van der Waals surface area contributed by atoms with E-state index in [4.69, 9.17) is 21.1 Å². The third kappa shape index (κ3) is 7.46. The Labute approximate surface area is 213 Å². The van der Waals surface area contributed by atoms with E-state index in [-0.39, 0.29) is 46.6 Å². The largest absolute Gasteiger partial charge is 0.491 e. The Balaban J connectivity index is 1.54. The fourth-order valence-electron chi connectivity index (χ4n) is 3.13. The van der Waals surface area contributed by atoms with E-state index in [1.165, 1.54) is 24.3 Å². The second-order valence-corrected chi connectivity index (χ2v) is 11.0. The molecule has 2 aromatic rings. The van der Waals surface area contributed by atoms with E-state index in [0.29, 0.717) is 5.56 Å². The van der Waals surface area contributed by atoms with Crippen LogP contribution in [0, 0.1) is 0 Å². The lowest BCUT2D eigenvalue weighted by Gasteiger charge is -2.19. The van der Waals surface area contributed by atoms with Crippen LogP contribution in [0.15, 0.2) is 46.7 Å². The first kappa shape index (κ1) is 27.0. The van der Waals surface area contributed by atoms with E-state index in [0.717, 1.165) is 5.41 Å². The van der Waals surface area contributed by atoms with Crippen LogP contribution in [0.2, 0.25) is 5.02 Å². The summed E-state index contributed by atoms with van der Waals surface area (Å²) in [4.78, 5) is 36.9. The molecular weight excluding hydrogens is 510 g/mol. The highest BCUT2D eigenvalue weighted by atomic mass is 35.5. The number of rotatable bonds is 8. The van der Waals surface area contributed by atoms with Crippen LogP contribution in [0.4, 0.5) is 10.5 Å². The second kappa shape index (κ2) is 11.0. The molecule has 0 fully saturated rings. The summed E-state index contributed by atoms with van der Waals surface area (Å²) < 4.78 is 34.7. The molecule has 0 aliphatic carbocycles. The van der Waals surface area contributed by atoms with Crippen molar-refractivity contribution in [1.29, 1.82) is 0 Å². The van der Waals surface area contributed by atoms with E-state index in [1.807, 2.05) is 0 Å². The summed E-state index contributed by atoms with van der Waals surface area (Å²) in [5.41, 5.74) is 0.289. The standard InChI is InChI=1S/C24H26ClN3O7S/c1-24(2,3)35-23(31)26-9-10-34-19-7-5-16(25)12-18(19)22(30)27-14-21(29)28-17-6-4-15-8-11-36(32,33)20(15)13-17/h4-8,11-13H,9-10,14H2,1-3H3,(H,26,31)(H,27,30)(H,28,29). The Morgan fingerprint density at radius 1 is 1.03 bits per heavy atom. The van der Waals surface area contributed by atoms with Crippen molar-refractivity contribution in [3.63, 3.8) is 0 Å². The first-order chi connectivity index (χ1) is 16.8. The van der Waals surface area contributed by atoms with Gasteiger partial charge in [-0.05, 0) is 62.7 Å². The van der Waals surface area contributed by atoms with Crippen LogP contribution in [0.25, 0.3) is 6.08 Å². The minimum absolute atomic E-state index is 0.0533. The first-order valence-electron chi connectivity index (χ1n) is 10.9. The third-order valence-corrected chi connectivity index (χ3v) is 6.35. The zero-order valence-corrected chi connectivity index (χ0v) is 21.5. The smallest absolute Gasteiger partial charge is 0.407 e.